The molecule has 0 spiro atoms. The predicted octanol–water partition coefficient (Wildman–Crippen LogP) is 4.97. The van der Waals surface area contributed by atoms with E-state index in [4.69, 9.17) is 4.42 Å². The highest BCUT2D eigenvalue weighted by molar-refractivity contribution is 8.00. The lowest BCUT2D eigenvalue weighted by atomic mass is 9.93. The van der Waals surface area contributed by atoms with Crippen molar-refractivity contribution in [2.75, 3.05) is 73.8 Å². The molecule has 0 saturated carbocycles. The fourth-order valence-electron chi connectivity index (χ4n) is 6.46. The minimum atomic E-state index is 0.0294. The van der Waals surface area contributed by atoms with E-state index >= 15 is 0 Å². The Morgan fingerprint density at radius 1 is 0.850 bits per heavy atom. The smallest absolute Gasteiger partial charge is 0.203 e. The molecule has 2 N–H and O–H groups in total. The molecule has 0 aromatic heterocycles. The highest BCUT2D eigenvalue weighted by atomic mass is 32.2. The van der Waals surface area contributed by atoms with Gasteiger partial charge in [-0.05, 0) is 42.3 Å². The van der Waals surface area contributed by atoms with Crippen molar-refractivity contribution >= 4 is 45.9 Å². The number of piperidine rings is 1. The molecule has 208 valence electrons. The van der Waals surface area contributed by atoms with Gasteiger partial charge in [-0.25, -0.2) is 4.58 Å². The lowest BCUT2D eigenvalue weighted by molar-refractivity contribution is 0.281. The van der Waals surface area contributed by atoms with Crippen LogP contribution in [0.4, 0.5) is 11.4 Å². The summed E-state index contributed by atoms with van der Waals surface area (Å²) >= 11 is 3.95. The highest BCUT2D eigenvalue weighted by Gasteiger charge is 2.27. The van der Waals surface area contributed by atoms with E-state index in [1.807, 2.05) is 28.4 Å². The quantitative estimate of drug-likeness (QED) is 0.249. The second-order valence-corrected chi connectivity index (χ2v) is 13.1. The maximum absolute atomic E-state index is 9.64. The van der Waals surface area contributed by atoms with Gasteiger partial charge in [-0.15, -0.1) is 23.5 Å². The van der Waals surface area contributed by atoms with Gasteiger partial charge >= 0.3 is 0 Å². The molecule has 0 bridgehead atoms. The Morgan fingerprint density at radius 3 is 2.27 bits per heavy atom. The van der Waals surface area contributed by atoms with Gasteiger partial charge in [-0.3, -0.25) is 0 Å². The second-order valence-electron chi connectivity index (χ2n) is 10.8. The van der Waals surface area contributed by atoms with Crippen LogP contribution in [-0.2, 0) is 0 Å². The predicted molar refractivity (Wildman–Crippen MR) is 167 cm³/mol. The Hall–Kier alpha value is -2.65. The van der Waals surface area contributed by atoms with Gasteiger partial charge in [-0.2, -0.15) is 0 Å². The van der Waals surface area contributed by atoms with Crippen LogP contribution in [0.5, 0.6) is 0 Å². The molecule has 4 aliphatic heterocycles. The van der Waals surface area contributed by atoms with Crippen molar-refractivity contribution in [1.82, 2.24) is 4.58 Å². The molecular formula is C32H36N3O3S2+. The minimum absolute atomic E-state index is 0.0294. The van der Waals surface area contributed by atoms with Crippen LogP contribution in [-0.4, -0.2) is 74.2 Å². The fourth-order valence-corrected chi connectivity index (χ4v) is 8.76. The van der Waals surface area contributed by atoms with E-state index in [-0.39, 0.29) is 13.2 Å². The largest absolute Gasteiger partial charge is 0.456 e. The van der Waals surface area contributed by atoms with Gasteiger partial charge in [0.2, 0.25) is 5.36 Å². The Morgan fingerprint density at radius 2 is 1.57 bits per heavy atom. The summed E-state index contributed by atoms with van der Waals surface area (Å²) in [5.74, 6) is 3.15. The SMILES string of the molecule is OCCN(CCO)c1ccc2c(-c3cc4c5c(c3)SCCN5CCS4)c3ccc(=[N+]4CCCCC4)cc-3oc2c1. The van der Waals surface area contributed by atoms with Gasteiger partial charge in [0, 0.05) is 94.7 Å². The molecule has 6 nitrogen and oxygen atoms in total. The summed E-state index contributed by atoms with van der Waals surface area (Å²) < 4.78 is 9.17. The normalized spacial score (nSPS) is 16.9. The molecule has 1 fully saturated rings. The zero-order chi connectivity index (χ0) is 27.1. The van der Waals surface area contributed by atoms with Gasteiger partial charge < -0.3 is 24.4 Å². The Kier molecular flexibility index (Phi) is 7.43. The summed E-state index contributed by atoms with van der Waals surface area (Å²) in [7, 11) is 0. The number of fused-ring (bicyclic) bond motifs is 2. The molecule has 40 heavy (non-hydrogen) atoms. The first-order chi connectivity index (χ1) is 19.7. The molecule has 2 aromatic rings. The fraction of sp³-hybridized carbons (Fsp3) is 0.406. The molecule has 4 heterocycles. The molecule has 2 aromatic carbocycles. The lowest BCUT2D eigenvalue weighted by Crippen LogP contribution is -2.34. The van der Waals surface area contributed by atoms with Crippen molar-refractivity contribution in [2.45, 2.75) is 29.1 Å². The lowest BCUT2D eigenvalue weighted by Gasteiger charge is -2.36. The van der Waals surface area contributed by atoms with Gasteiger partial charge in [0.1, 0.15) is 24.4 Å². The van der Waals surface area contributed by atoms with Crippen LogP contribution in [0.2, 0.25) is 0 Å². The molecular weight excluding hydrogens is 539 g/mol. The number of benzene rings is 3. The van der Waals surface area contributed by atoms with Crippen molar-refractivity contribution in [3.05, 3.63) is 53.9 Å². The van der Waals surface area contributed by atoms with Crippen molar-refractivity contribution in [3.63, 3.8) is 0 Å². The summed E-state index contributed by atoms with van der Waals surface area (Å²) in [5.41, 5.74) is 6.78. The van der Waals surface area contributed by atoms with Crippen LogP contribution in [0, 0.1) is 0 Å². The number of anilines is 2. The van der Waals surface area contributed by atoms with E-state index in [9.17, 15) is 10.2 Å². The number of nitrogens with zero attached hydrogens (tertiary/aromatic N) is 3. The Balaban J connectivity index is 1.47. The second kappa shape index (κ2) is 11.3. The molecule has 0 amide bonds. The summed E-state index contributed by atoms with van der Waals surface area (Å²) in [6.45, 7) is 5.42. The Bertz CT molecular complexity index is 1560. The first-order valence-corrected chi connectivity index (χ1v) is 16.4. The van der Waals surface area contributed by atoms with E-state index in [0.717, 1.165) is 65.7 Å². The van der Waals surface area contributed by atoms with Gasteiger partial charge in [0.25, 0.3) is 0 Å². The van der Waals surface area contributed by atoms with E-state index in [2.05, 4.69) is 58.0 Å². The maximum Gasteiger partial charge on any atom is 0.203 e. The third-order valence-electron chi connectivity index (χ3n) is 8.40. The Labute approximate surface area is 243 Å². The van der Waals surface area contributed by atoms with Crippen molar-refractivity contribution in [1.29, 1.82) is 0 Å². The zero-order valence-electron chi connectivity index (χ0n) is 22.8. The van der Waals surface area contributed by atoms with E-state index < -0.39 is 0 Å². The zero-order valence-corrected chi connectivity index (χ0v) is 24.4. The molecule has 0 atom stereocenters. The summed E-state index contributed by atoms with van der Waals surface area (Å²) in [5, 5.41) is 21.6. The monoisotopic (exact) mass is 574 g/mol. The molecule has 1 saturated heterocycles. The van der Waals surface area contributed by atoms with E-state index in [1.165, 1.54) is 51.2 Å². The molecule has 0 unspecified atom stereocenters. The van der Waals surface area contributed by atoms with Crippen molar-refractivity contribution < 1.29 is 14.6 Å². The first kappa shape index (κ1) is 26.3. The number of hydrogen-bond donors (Lipinski definition) is 2. The number of aliphatic hydroxyl groups is 2. The summed E-state index contributed by atoms with van der Waals surface area (Å²) in [6.07, 6.45) is 3.77. The van der Waals surface area contributed by atoms with Crippen LogP contribution in [0.3, 0.4) is 0 Å². The van der Waals surface area contributed by atoms with Gasteiger partial charge in [0.05, 0.1) is 25.0 Å². The van der Waals surface area contributed by atoms with Crippen LogP contribution in [0.25, 0.3) is 33.4 Å². The van der Waals surface area contributed by atoms with Crippen molar-refractivity contribution in [2.24, 2.45) is 0 Å². The topological polar surface area (TPSA) is 63.1 Å². The number of rotatable bonds is 6. The number of aliphatic hydroxyl groups excluding tert-OH is 2. The standard InChI is InChI=1S/C32H36N3O3S2/c36-14-10-34(11-15-37)24-5-7-26-28(21-24)38-27-20-23(33-8-2-1-3-9-33)4-6-25(27)31(26)22-18-29-32-30(19-22)40-17-13-35(32)12-16-39-29/h4-7,18-21,36-37H,1-3,8-17H2/q+1. The summed E-state index contributed by atoms with van der Waals surface area (Å²) in [4.78, 5) is 7.33. The molecule has 1 aliphatic carbocycles. The van der Waals surface area contributed by atoms with Crippen LogP contribution in [0.1, 0.15) is 19.3 Å². The summed E-state index contributed by atoms with van der Waals surface area (Å²) in [6, 6.07) is 17.9. The maximum atomic E-state index is 9.64. The van der Waals surface area contributed by atoms with E-state index in [0.29, 0.717) is 13.1 Å². The third kappa shape index (κ3) is 4.79. The average Bonchev–Trinajstić information content (AvgIpc) is 3.00. The van der Waals surface area contributed by atoms with Crippen LogP contribution in [0.15, 0.2) is 62.7 Å². The molecule has 8 heteroatoms. The highest BCUT2D eigenvalue weighted by Crippen LogP contribution is 2.49. The minimum Gasteiger partial charge on any atom is -0.456 e. The number of hydrogen-bond acceptors (Lipinski definition) is 7. The van der Waals surface area contributed by atoms with Crippen LogP contribution >= 0.6 is 23.5 Å². The molecule has 0 radical (unpaired) electrons. The molecule has 7 rings (SSSR count). The third-order valence-corrected chi connectivity index (χ3v) is 10.4. The van der Waals surface area contributed by atoms with Crippen molar-refractivity contribution in [3.8, 4) is 22.5 Å². The van der Waals surface area contributed by atoms with Gasteiger partial charge in [0.15, 0.2) is 0 Å². The first-order valence-electron chi connectivity index (χ1n) is 14.5. The van der Waals surface area contributed by atoms with Crippen LogP contribution < -0.4 is 19.7 Å². The van der Waals surface area contributed by atoms with E-state index in [1.54, 1.807) is 0 Å². The molecule has 5 aliphatic rings. The van der Waals surface area contributed by atoms with Gasteiger partial charge in [-0.1, -0.05) is 0 Å². The number of thioether (sulfide) groups is 2. The average molecular weight is 575 g/mol.